The highest BCUT2D eigenvalue weighted by Gasteiger charge is 2.20. The van der Waals surface area contributed by atoms with E-state index in [1.54, 1.807) is 10.9 Å². The maximum atomic E-state index is 11.8. The molecule has 2 unspecified atom stereocenters. The van der Waals surface area contributed by atoms with Crippen LogP contribution in [0.3, 0.4) is 0 Å². The van der Waals surface area contributed by atoms with Crippen LogP contribution < -0.4 is 10.9 Å². The predicted molar refractivity (Wildman–Crippen MR) is 75.6 cm³/mol. The maximum Gasteiger partial charge on any atom is 0.267 e. The molecule has 1 N–H and O–H groups in total. The molecule has 2 atom stereocenters. The second-order valence-corrected chi connectivity index (χ2v) is 5.92. The summed E-state index contributed by atoms with van der Waals surface area (Å²) in [5.41, 5.74) is -0.0107. The van der Waals surface area contributed by atoms with Gasteiger partial charge in [-0.05, 0) is 34.7 Å². The van der Waals surface area contributed by atoms with Gasteiger partial charge in [-0.2, -0.15) is 0 Å². The molecule has 5 heteroatoms. The zero-order valence-corrected chi connectivity index (χ0v) is 12.3. The topological polar surface area (TPSA) is 46.9 Å². The SMILES string of the molecule is CC1CCCCC1NCCn1cncc(Br)c1=O. The molecule has 1 aromatic heterocycles. The average molecular weight is 314 g/mol. The van der Waals surface area contributed by atoms with Gasteiger partial charge in [0, 0.05) is 25.3 Å². The molecule has 0 aromatic carbocycles. The molecule has 0 radical (unpaired) electrons. The molecule has 100 valence electrons. The quantitative estimate of drug-likeness (QED) is 0.926. The van der Waals surface area contributed by atoms with Gasteiger partial charge in [-0.1, -0.05) is 19.8 Å². The summed E-state index contributed by atoms with van der Waals surface area (Å²) in [7, 11) is 0. The Bertz CT molecular complexity index is 446. The van der Waals surface area contributed by atoms with Crippen LogP contribution in [0.15, 0.2) is 21.8 Å². The summed E-state index contributed by atoms with van der Waals surface area (Å²) in [6, 6.07) is 0.606. The van der Waals surface area contributed by atoms with E-state index in [0.717, 1.165) is 12.5 Å². The number of halogens is 1. The van der Waals surface area contributed by atoms with E-state index in [-0.39, 0.29) is 5.56 Å². The molecule has 18 heavy (non-hydrogen) atoms. The third kappa shape index (κ3) is 3.42. The first kappa shape index (κ1) is 13.7. The lowest BCUT2D eigenvalue weighted by molar-refractivity contribution is 0.278. The van der Waals surface area contributed by atoms with Crippen molar-refractivity contribution in [3.63, 3.8) is 0 Å². The second kappa shape index (κ2) is 6.48. The van der Waals surface area contributed by atoms with Crippen LogP contribution in [0.5, 0.6) is 0 Å². The van der Waals surface area contributed by atoms with Crippen LogP contribution in [-0.2, 0) is 6.54 Å². The molecule has 2 rings (SSSR count). The molecule has 0 saturated heterocycles. The molecule has 1 saturated carbocycles. The standard InChI is InChI=1S/C13H20BrN3O/c1-10-4-2-3-5-12(10)16-6-7-17-9-15-8-11(14)13(17)18/h8-10,12,16H,2-7H2,1H3. The van der Waals surface area contributed by atoms with E-state index in [0.29, 0.717) is 17.1 Å². The molecular weight excluding hydrogens is 294 g/mol. The van der Waals surface area contributed by atoms with E-state index in [9.17, 15) is 4.79 Å². The summed E-state index contributed by atoms with van der Waals surface area (Å²) in [6.07, 6.45) is 8.38. The molecule has 0 aliphatic heterocycles. The molecule has 1 fully saturated rings. The van der Waals surface area contributed by atoms with Crippen LogP contribution in [0.25, 0.3) is 0 Å². The van der Waals surface area contributed by atoms with Crippen molar-refractivity contribution in [3.05, 3.63) is 27.4 Å². The minimum atomic E-state index is -0.0107. The highest BCUT2D eigenvalue weighted by atomic mass is 79.9. The van der Waals surface area contributed by atoms with Crippen LogP contribution in [0.4, 0.5) is 0 Å². The van der Waals surface area contributed by atoms with E-state index in [2.05, 4.69) is 33.2 Å². The Morgan fingerprint density at radius 3 is 3.06 bits per heavy atom. The van der Waals surface area contributed by atoms with Gasteiger partial charge in [0.15, 0.2) is 0 Å². The fourth-order valence-electron chi connectivity index (χ4n) is 2.57. The lowest BCUT2D eigenvalue weighted by Crippen LogP contribution is -2.39. The van der Waals surface area contributed by atoms with Crippen molar-refractivity contribution in [1.82, 2.24) is 14.9 Å². The van der Waals surface area contributed by atoms with Crippen LogP contribution >= 0.6 is 15.9 Å². The van der Waals surface area contributed by atoms with Gasteiger partial charge in [0.05, 0.1) is 6.33 Å². The smallest absolute Gasteiger partial charge is 0.267 e. The molecule has 1 aliphatic rings. The van der Waals surface area contributed by atoms with Gasteiger partial charge in [-0.25, -0.2) is 4.98 Å². The lowest BCUT2D eigenvalue weighted by Gasteiger charge is -2.29. The average Bonchev–Trinajstić information content (AvgIpc) is 2.37. The fourth-order valence-corrected chi connectivity index (χ4v) is 2.92. The Kier molecular flexibility index (Phi) is 4.95. The first-order chi connectivity index (χ1) is 8.68. The number of hydrogen-bond acceptors (Lipinski definition) is 3. The van der Waals surface area contributed by atoms with E-state index >= 15 is 0 Å². The van der Waals surface area contributed by atoms with Crippen molar-refractivity contribution in [1.29, 1.82) is 0 Å². The predicted octanol–water partition coefficient (Wildman–Crippen LogP) is 2.17. The summed E-state index contributed by atoms with van der Waals surface area (Å²) < 4.78 is 2.17. The molecule has 1 heterocycles. The molecule has 0 amide bonds. The van der Waals surface area contributed by atoms with Gasteiger partial charge in [0.25, 0.3) is 5.56 Å². The van der Waals surface area contributed by atoms with E-state index in [4.69, 9.17) is 0 Å². The number of hydrogen-bond donors (Lipinski definition) is 1. The highest BCUT2D eigenvalue weighted by molar-refractivity contribution is 9.10. The summed E-state index contributed by atoms with van der Waals surface area (Å²) in [6.45, 7) is 3.81. The van der Waals surface area contributed by atoms with Crippen LogP contribution in [0, 0.1) is 5.92 Å². The third-order valence-electron chi connectivity index (χ3n) is 3.73. The van der Waals surface area contributed by atoms with Crippen molar-refractivity contribution in [2.24, 2.45) is 5.92 Å². The third-order valence-corrected chi connectivity index (χ3v) is 4.27. The summed E-state index contributed by atoms with van der Waals surface area (Å²) in [5, 5.41) is 3.56. The van der Waals surface area contributed by atoms with E-state index in [1.807, 2.05) is 0 Å². The van der Waals surface area contributed by atoms with Crippen molar-refractivity contribution < 1.29 is 0 Å². The maximum absolute atomic E-state index is 11.8. The Balaban J connectivity index is 1.85. The van der Waals surface area contributed by atoms with Crippen LogP contribution in [0.2, 0.25) is 0 Å². The summed E-state index contributed by atoms with van der Waals surface area (Å²) >= 11 is 3.21. The molecule has 4 nitrogen and oxygen atoms in total. The van der Waals surface area contributed by atoms with Gasteiger partial charge < -0.3 is 5.32 Å². The molecule has 1 aliphatic carbocycles. The van der Waals surface area contributed by atoms with Crippen LogP contribution in [0.1, 0.15) is 32.6 Å². The largest absolute Gasteiger partial charge is 0.312 e. The first-order valence-corrected chi connectivity index (χ1v) is 7.41. The normalized spacial score (nSPS) is 24.1. The minimum absolute atomic E-state index is 0.0107. The van der Waals surface area contributed by atoms with Crippen LogP contribution in [-0.4, -0.2) is 22.1 Å². The molecule has 1 aromatic rings. The summed E-state index contributed by atoms with van der Waals surface area (Å²) in [5.74, 6) is 0.746. The summed E-state index contributed by atoms with van der Waals surface area (Å²) in [4.78, 5) is 15.8. The lowest BCUT2D eigenvalue weighted by atomic mass is 9.86. The van der Waals surface area contributed by atoms with E-state index in [1.165, 1.54) is 31.9 Å². The monoisotopic (exact) mass is 313 g/mol. The zero-order valence-electron chi connectivity index (χ0n) is 10.7. The highest BCUT2D eigenvalue weighted by Crippen LogP contribution is 2.23. The number of rotatable bonds is 4. The van der Waals surface area contributed by atoms with Gasteiger partial charge in [-0.3, -0.25) is 9.36 Å². The van der Waals surface area contributed by atoms with Crippen molar-refractivity contribution >= 4 is 15.9 Å². The molecular formula is C13H20BrN3O. The number of nitrogens with one attached hydrogen (secondary N) is 1. The number of aromatic nitrogens is 2. The van der Waals surface area contributed by atoms with Gasteiger partial charge in [0.2, 0.25) is 0 Å². The van der Waals surface area contributed by atoms with Crippen molar-refractivity contribution in [2.45, 2.75) is 45.2 Å². The minimum Gasteiger partial charge on any atom is -0.312 e. The molecule has 0 spiro atoms. The van der Waals surface area contributed by atoms with Gasteiger partial charge in [0.1, 0.15) is 4.47 Å². The Hall–Kier alpha value is -0.680. The Morgan fingerprint density at radius 2 is 2.28 bits per heavy atom. The van der Waals surface area contributed by atoms with Crippen molar-refractivity contribution in [3.8, 4) is 0 Å². The van der Waals surface area contributed by atoms with Gasteiger partial charge >= 0.3 is 0 Å². The second-order valence-electron chi connectivity index (χ2n) is 5.06. The number of nitrogens with zero attached hydrogens (tertiary/aromatic N) is 2. The van der Waals surface area contributed by atoms with Gasteiger partial charge in [-0.15, -0.1) is 0 Å². The van der Waals surface area contributed by atoms with E-state index < -0.39 is 0 Å². The zero-order chi connectivity index (χ0) is 13.0. The van der Waals surface area contributed by atoms with Crippen molar-refractivity contribution in [2.75, 3.05) is 6.54 Å². The Morgan fingerprint density at radius 1 is 1.50 bits per heavy atom. The molecule has 0 bridgehead atoms. The Labute approximate surface area is 116 Å². The first-order valence-electron chi connectivity index (χ1n) is 6.62. The fraction of sp³-hybridized carbons (Fsp3) is 0.692.